The van der Waals surface area contributed by atoms with Crippen LogP contribution in [-0.4, -0.2) is 37.2 Å². The molecule has 0 saturated carbocycles. The molecule has 0 aromatic carbocycles. The van der Waals surface area contributed by atoms with Crippen molar-refractivity contribution in [2.45, 2.75) is 386 Å². The predicted molar refractivity (Wildman–Crippen MR) is 362 cm³/mol. The van der Waals surface area contributed by atoms with Crippen LogP contribution in [0.5, 0.6) is 0 Å². The third-order valence-corrected chi connectivity index (χ3v) is 16.2. The van der Waals surface area contributed by atoms with Crippen molar-refractivity contribution in [2.24, 2.45) is 0 Å². The average Bonchev–Trinajstić information content (AvgIpc) is 3.49. The normalized spacial score (nSPS) is 12.5. The van der Waals surface area contributed by atoms with Gasteiger partial charge in [0, 0.05) is 19.3 Å². The number of rotatable bonds is 67. The zero-order valence-corrected chi connectivity index (χ0v) is 55.5. The predicted octanol–water partition coefficient (Wildman–Crippen LogP) is 25.2. The van der Waals surface area contributed by atoms with E-state index in [2.05, 4.69) is 93.7 Å². The van der Waals surface area contributed by atoms with Crippen LogP contribution in [0.4, 0.5) is 0 Å². The number of ether oxygens (including phenoxy) is 3. The fraction of sp³-hybridized carbons (Fsp3) is 0.805. The van der Waals surface area contributed by atoms with E-state index in [-0.39, 0.29) is 31.1 Å². The first-order chi connectivity index (χ1) is 41.0. The molecule has 0 fully saturated rings. The largest absolute Gasteiger partial charge is 0.462 e. The van der Waals surface area contributed by atoms with Crippen LogP contribution in [0.3, 0.4) is 0 Å². The summed E-state index contributed by atoms with van der Waals surface area (Å²) >= 11 is 0. The summed E-state index contributed by atoms with van der Waals surface area (Å²) in [5.41, 5.74) is 0. The van der Waals surface area contributed by atoms with Crippen molar-refractivity contribution < 1.29 is 28.6 Å². The molecule has 83 heavy (non-hydrogen) atoms. The maximum atomic E-state index is 12.9. The van der Waals surface area contributed by atoms with Crippen LogP contribution in [0.25, 0.3) is 0 Å². The molecule has 0 heterocycles. The van der Waals surface area contributed by atoms with Gasteiger partial charge in [0.1, 0.15) is 13.2 Å². The van der Waals surface area contributed by atoms with Crippen LogP contribution in [-0.2, 0) is 28.6 Å². The van der Waals surface area contributed by atoms with Gasteiger partial charge in [0.15, 0.2) is 6.10 Å². The Morgan fingerprint density at radius 1 is 0.253 bits per heavy atom. The SMILES string of the molecule is CC/C=C\C/C=C\C/C=C\C/C=C\CCCCC(=O)OCC(COC(=O)CCCCCCCCCCCCCCCCCCCCCCCCCCCCCCCCCCCC)OC(=O)CCCCCCC/C=C\C/C=C\CCCCCC. The first-order valence-corrected chi connectivity index (χ1v) is 36.4. The third kappa shape index (κ3) is 69.5. The highest BCUT2D eigenvalue weighted by Gasteiger charge is 2.19. The van der Waals surface area contributed by atoms with E-state index < -0.39 is 6.10 Å². The van der Waals surface area contributed by atoms with Gasteiger partial charge >= 0.3 is 17.9 Å². The van der Waals surface area contributed by atoms with Crippen molar-refractivity contribution in [3.05, 3.63) is 72.9 Å². The first kappa shape index (κ1) is 79.8. The van der Waals surface area contributed by atoms with Crippen molar-refractivity contribution in [2.75, 3.05) is 13.2 Å². The van der Waals surface area contributed by atoms with E-state index >= 15 is 0 Å². The zero-order valence-electron chi connectivity index (χ0n) is 55.5. The molecule has 0 aliphatic carbocycles. The third-order valence-electron chi connectivity index (χ3n) is 16.2. The highest BCUT2D eigenvalue weighted by molar-refractivity contribution is 5.71. The van der Waals surface area contributed by atoms with Crippen LogP contribution in [0, 0.1) is 0 Å². The average molecular weight is 1160 g/mol. The summed E-state index contributed by atoms with van der Waals surface area (Å²) in [6.07, 6.45) is 94.0. The lowest BCUT2D eigenvalue weighted by molar-refractivity contribution is -0.167. The van der Waals surface area contributed by atoms with Gasteiger partial charge in [-0.1, -0.05) is 344 Å². The first-order valence-electron chi connectivity index (χ1n) is 36.4. The second kappa shape index (κ2) is 71.3. The van der Waals surface area contributed by atoms with Crippen molar-refractivity contribution in [1.82, 2.24) is 0 Å². The van der Waals surface area contributed by atoms with Gasteiger partial charge in [-0.15, -0.1) is 0 Å². The Balaban J connectivity index is 4.15. The fourth-order valence-corrected chi connectivity index (χ4v) is 10.8. The van der Waals surface area contributed by atoms with Crippen molar-refractivity contribution >= 4 is 17.9 Å². The minimum absolute atomic E-state index is 0.0916. The van der Waals surface area contributed by atoms with Crippen LogP contribution >= 0.6 is 0 Å². The molecule has 1 atom stereocenters. The number of carbonyl (C=O) groups excluding carboxylic acids is 3. The number of carbonyl (C=O) groups is 3. The van der Waals surface area contributed by atoms with Crippen LogP contribution in [0.1, 0.15) is 380 Å². The quantitative estimate of drug-likeness (QED) is 0.0261. The van der Waals surface area contributed by atoms with Gasteiger partial charge in [-0.05, 0) is 89.9 Å². The maximum Gasteiger partial charge on any atom is 0.306 e. The van der Waals surface area contributed by atoms with Gasteiger partial charge in [-0.25, -0.2) is 0 Å². The smallest absolute Gasteiger partial charge is 0.306 e. The van der Waals surface area contributed by atoms with E-state index in [4.69, 9.17) is 14.2 Å². The van der Waals surface area contributed by atoms with Gasteiger partial charge in [0.25, 0.3) is 0 Å². The van der Waals surface area contributed by atoms with Gasteiger partial charge in [0.2, 0.25) is 0 Å². The molecule has 0 aromatic heterocycles. The lowest BCUT2D eigenvalue weighted by Crippen LogP contribution is -2.30. The summed E-state index contributed by atoms with van der Waals surface area (Å²) in [7, 11) is 0. The molecule has 0 bridgehead atoms. The van der Waals surface area contributed by atoms with Gasteiger partial charge in [-0.3, -0.25) is 14.4 Å². The van der Waals surface area contributed by atoms with E-state index in [1.165, 1.54) is 231 Å². The Labute approximate surface area is 516 Å². The lowest BCUT2D eigenvalue weighted by atomic mass is 10.0. The highest BCUT2D eigenvalue weighted by Crippen LogP contribution is 2.19. The topological polar surface area (TPSA) is 78.9 Å². The summed E-state index contributed by atoms with van der Waals surface area (Å²) in [6, 6.07) is 0. The molecule has 1 unspecified atom stereocenters. The van der Waals surface area contributed by atoms with Gasteiger partial charge < -0.3 is 14.2 Å². The molecular formula is C77H138O6. The van der Waals surface area contributed by atoms with E-state index in [0.717, 1.165) is 109 Å². The maximum absolute atomic E-state index is 12.9. The Morgan fingerprint density at radius 2 is 0.470 bits per heavy atom. The van der Waals surface area contributed by atoms with Crippen molar-refractivity contribution in [1.29, 1.82) is 0 Å². The zero-order chi connectivity index (χ0) is 59.9. The molecule has 0 spiro atoms. The molecule has 0 aromatic rings. The molecule has 0 rings (SSSR count). The number of esters is 3. The summed E-state index contributed by atoms with van der Waals surface area (Å²) < 4.78 is 16.9. The Bertz CT molecular complexity index is 1520. The molecular weight excluding hydrogens is 1020 g/mol. The second-order valence-corrected chi connectivity index (χ2v) is 24.5. The summed E-state index contributed by atoms with van der Waals surface area (Å²) in [5, 5.41) is 0. The van der Waals surface area contributed by atoms with E-state index in [1.807, 2.05) is 0 Å². The van der Waals surface area contributed by atoms with E-state index in [1.54, 1.807) is 0 Å². The molecule has 0 radical (unpaired) electrons. The number of unbranched alkanes of at least 4 members (excludes halogenated alkanes) is 44. The lowest BCUT2D eigenvalue weighted by Gasteiger charge is -2.18. The number of allylic oxidation sites excluding steroid dienone is 12. The van der Waals surface area contributed by atoms with Gasteiger partial charge in [0.05, 0.1) is 0 Å². The van der Waals surface area contributed by atoms with Gasteiger partial charge in [-0.2, -0.15) is 0 Å². The standard InChI is InChI=1S/C77H138O6/c1-4-7-10-13-16-19-22-25-28-30-31-32-33-34-35-36-37-38-39-40-41-42-43-44-45-46-47-50-52-55-58-61-64-67-70-76(79)82-73-74(72-81-75(78)69-66-63-60-57-54-51-48-27-24-21-18-15-12-9-6-3)83-77(80)71-68-65-62-59-56-53-49-29-26-23-20-17-14-11-8-5-2/h9,12,18,20-21,23,27,29,48-49,54,57,74H,4-8,10-11,13-17,19,22,24-26,28,30-47,50-53,55-56,58-73H2,1-3H3/b12-9-,21-18-,23-20-,48-27-,49-29-,57-54-. The van der Waals surface area contributed by atoms with Crippen LogP contribution < -0.4 is 0 Å². The van der Waals surface area contributed by atoms with Crippen LogP contribution in [0.15, 0.2) is 72.9 Å². The van der Waals surface area contributed by atoms with Crippen molar-refractivity contribution in [3.8, 4) is 0 Å². The number of hydrogen-bond acceptors (Lipinski definition) is 6. The minimum Gasteiger partial charge on any atom is -0.462 e. The van der Waals surface area contributed by atoms with E-state index in [0.29, 0.717) is 19.3 Å². The molecule has 0 N–H and O–H groups in total. The molecule has 0 saturated heterocycles. The Hall–Kier alpha value is -3.15. The van der Waals surface area contributed by atoms with E-state index in [9.17, 15) is 14.4 Å². The molecule has 0 aliphatic rings. The summed E-state index contributed by atoms with van der Waals surface area (Å²) in [5.74, 6) is -0.931. The molecule has 6 heteroatoms. The van der Waals surface area contributed by atoms with Crippen molar-refractivity contribution in [3.63, 3.8) is 0 Å². The molecule has 482 valence electrons. The number of hydrogen-bond donors (Lipinski definition) is 0. The summed E-state index contributed by atoms with van der Waals surface area (Å²) in [6.45, 7) is 6.51. The molecule has 6 nitrogen and oxygen atoms in total. The van der Waals surface area contributed by atoms with Crippen LogP contribution in [0.2, 0.25) is 0 Å². The molecule has 0 aliphatic heterocycles. The Kier molecular flexibility index (Phi) is 68.6. The highest BCUT2D eigenvalue weighted by atomic mass is 16.6. The Morgan fingerprint density at radius 3 is 0.771 bits per heavy atom. The minimum atomic E-state index is -0.800. The monoisotopic (exact) mass is 1160 g/mol. The summed E-state index contributed by atoms with van der Waals surface area (Å²) in [4.78, 5) is 38.4. The fourth-order valence-electron chi connectivity index (χ4n) is 10.8. The second-order valence-electron chi connectivity index (χ2n) is 24.5. The molecule has 0 amide bonds.